The van der Waals surface area contributed by atoms with E-state index < -0.39 is 16.5 Å². The van der Waals surface area contributed by atoms with E-state index in [-0.39, 0.29) is 28.5 Å². The molecule has 0 heterocycles. The summed E-state index contributed by atoms with van der Waals surface area (Å²) in [7, 11) is 3.88. The number of nitro groups is 1. The third kappa shape index (κ3) is 4.68. The smallest absolute Gasteiger partial charge is 0.327 e. The molecule has 0 aliphatic rings. The molecule has 3 aromatic carbocycles. The number of nitrogens with one attached hydrogen (secondary N) is 1. The van der Waals surface area contributed by atoms with E-state index in [9.17, 15) is 14.9 Å². The van der Waals surface area contributed by atoms with Crippen LogP contribution in [0.4, 0.5) is 11.4 Å². The van der Waals surface area contributed by atoms with Gasteiger partial charge in [0.05, 0.1) is 31.9 Å². The number of hydrogen-bond donors (Lipinski definition) is 1. The summed E-state index contributed by atoms with van der Waals surface area (Å²) >= 11 is 6.09. The van der Waals surface area contributed by atoms with Crippen LogP contribution >= 0.6 is 11.6 Å². The molecule has 0 aliphatic carbocycles. The number of para-hydroxylation sites is 1. The van der Waals surface area contributed by atoms with Gasteiger partial charge in [-0.3, -0.25) is 14.9 Å². The topological polar surface area (TPSA) is 109 Å². The number of nitro benzene ring substituents is 1. The summed E-state index contributed by atoms with van der Waals surface area (Å²) in [5.41, 5.74) is -0.653. The molecular formula is C22H19ClN2O7. The largest absolute Gasteiger partial charge is 0.493 e. The Hall–Kier alpha value is -3.98. The molecule has 0 saturated heterocycles. The minimum absolute atomic E-state index is 0.00546. The van der Waals surface area contributed by atoms with Crippen LogP contribution in [0.5, 0.6) is 28.7 Å². The number of halogens is 1. The maximum Gasteiger partial charge on any atom is 0.327 e. The van der Waals surface area contributed by atoms with Gasteiger partial charge < -0.3 is 24.3 Å². The highest BCUT2D eigenvalue weighted by atomic mass is 35.5. The molecule has 0 aliphatic heterocycles. The Balaban J connectivity index is 2.06. The second kappa shape index (κ2) is 9.88. The first-order valence-corrected chi connectivity index (χ1v) is 9.58. The van der Waals surface area contributed by atoms with Crippen LogP contribution in [0, 0.1) is 10.1 Å². The van der Waals surface area contributed by atoms with Gasteiger partial charge in [-0.1, -0.05) is 29.8 Å². The molecule has 10 heteroatoms. The van der Waals surface area contributed by atoms with Crippen molar-refractivity contribution >= 4 is 28.9 Å². The number of amides is 1. The van der Waals surface area contributed by atoms with Gasteiger partial charge in [0.1, 0.15) is 11.3 Å². The molecule has 0 atom stereocenters. The molecule has 0 bridgehead atoms. The number of benzene rings is 3. The first-order valence-electron chi connectivity index (χ1n) is 9.20. The van der Waals surface area contributed by atoms with Crippen molar-refractivity contribution in [3.05, 3.63) is 75.3 Å². The van der Waals surface area contributed by atoms with Crippen molar-refractivity contribution in [2.24, 2.45) is 0 Å². The van der Waals surface area contributed by atoms with Crippen molar-refractivity contribution in [2.45, 2.75) is 0 Å². The Morgan fingerprint density at radius 3 is 2.22 bits per heavy atom. The Bertz CT molecular complexity index is 1150. The normalized spacial score (nSPS) is 10.2. The highest BCUT2D eigenvalue weighted by molar-refractivity contribution is 6.31. The maximum atomic E-state index is 13.1. The number of carbonyl (C=O) groups is 1. The molecular weight excluding hydrogens is 440 g/mol. The molecule has 1 amide bonds. The van der Waals surface area contributed by atoms with Crippen molar-refractivity contribution in [3.63, 3.8) is 0 Å². The number of ether oxygens (including phenoxy) is 4. The summed E-state index contributed by atoms with van der Waals surface area (Å²) in [6.45, 7) is 0. The van der Waals surface area contributed by atoms with Crippen molar-refractivity contribution < 1.29 is 28.7 Å². The van der Waals surface area contributed by atoms with Crippen LogP contribution in [0.1, 0.15) is 10.4 Å². The monoisotopic (exact) mass is 458 g/mol. The summed E-state index contributed by atoms with van der Waals surface area (Å²) < 4.78 is 21.4. The molecule has 32 heavy (non-hydrogen) atoms. The zero-order valence-corrected chi connectivity index (χ0v) is 18.1. The molecule has 0 radical (unpaired) electrons. The molecule has 0 spiro atoms. The third-order valence-electron chi connectivity index (χ3n) is 4.39. The molecule has 166 valence electrons. The number of rotatable bonds is 8. The van der Waals surface area contributed by atoms with E-state index in [0.29, 0.717) is 16.5 Å². The fourth-order valence-corrected chi connectivity index (χ4v) is 3.16. The Labute approximate surface area is 188 Å². The molecule has 0 aromatic heterocycles. The predicted octanol–water partition coefficient (Wildman–Crippen LogP) is 5.32. The van der Waals surface area contributed by atoms with Crippen molar-refractivity contribution in [3.8, 4) is 28.7 Å². The van der Waals surface area contributed by atoms with E-state index in [1.165, 1.54) is 33.5 Å². The fourth-order valence-electron chi connectivity index (χ4n) is 2.99. The second-order valence-corrected chi connectivity index (χ2v) is 6.74. The Morgan fingerprint density at radius 2 is 1.62 bits per heavy atom. The first-order chi connectivity index (χ1) is 15.4. The Kier molecular flexibility index (Phi) is 7.01. The summed E-state index contributed by atoms with van der Waals surface area (Å²) in [5, 5.41) is 14.7. The summed E-state index contributed by atoms with van der Waals surface area (Å²) in [6, 6.07) is 14.8. The van der Waals surface area contributed by atoms with Gasteiger partial charge in [-0.05, 0) is 30.3 Å². The quantitative estimate of drug-likeness (QED) is 0.359. The average molecular weight is 459 g/mol. The third-order valence-corrected chi connectivity index (χ3v) is 4.63. The first kappa shape index (κ1) is 22.7. The van der Waals surface area contributed by atoms with Gasteiger partial charge in [0.25, 0.3) is 5.91 Å². The van der Waals surface area contributed by atoms with Crippen LogP contribution in [0.2, 0.25) is 5.02 Å². The van der Waals surface area contributed by atoms with Crippen LogP contribution in [0.15, 0.2) is 54.6 Å². The Morgan fingerprint density at radius 1 is 0.938 bits per heavy atom. The highest BCUT2D eigenvalue weighted by Gasteiger charge is 2.32. The highest BCUT2D eigenvalue weighted by Crippen LogP contribution is 2.46. The van der Waals surface area contributed by atoms with E-state index in [2.05, 4.69) is 5.32 Å². The minimum Gasteiger partial charge on any atom is -0.493 e. The molecule has 3 rings (SSSR count). The van der Waals surface area contributed by atoms with E-state index in [4.69, 9.17) is 30.5 Å². The van der Waals surface area contributed by atoms with Crippen LogP contribution in [-0.2, 0) is 0 Å². The lowest BCUT2D eigenvalue weighted by molar-refractivity contribution is -0.386. The van der Waals surface area contributed by atoms with Gasteiger partial charge in [-0.2, -0.15) is 0 Å². The second-order valence-electron chi connectivity index (χ2n) is 6.31. The number of anilines is 1. The fraction of sp³-hybridized carbons (Fsp3) is 0.136. The SMILES string of the molecule is COc1cc(C(=O)Nc2cc(Cl)ccc2Oc2ccccc2)c([N+](=O)[O-])c(OC)c1OC. The predicted molar refractivity (Wildman–Crippen MR) is 119 cm³/mol. The minimum atomic E-state index is -0.795. The van der Waals surface area contributed by atoms with Crippen LogP contribution in [0.25, 0.3) is 0 Å². The van der Waals surface area contributed by atoms with Gasteiger partial charge in [0.2, 0.25) is 11.5 Å². The summed E-state index contributed by atoms with van der Waals surface area (Å²) in [5.74, 6) is -0.126. The molecule has 1 N–H and O–H groups in total. The van der Waals surface area contributed by atoms with Gasteiger partial charge in [0.15, 0.2) is 11.5 Å². The lowest BCUT2D eigenvalue weighted by Gasteiger charge is -2.16. The molecule has 3 aromatic rings. The van der Waals surface area contributed by atoms with Crippen LogP contribution in [-0.4, -0.2) is 32.2 Å². The molecule has 9 nitrogen and oxygen atoms in total. The summed E-state index contributed by atoms with van der Waals surface area (Å²) in [4.78, 5) is 24.2. The zero-order chi connectivity index (χ0) is 23.3. The van der Waals surface area contributed by atoms with Crippen LogP contribution in [0.3, 0.4) is 0 Å². The van der Waals surface area contributed by atoms with Crippen molar-refractivity contribution in [2.75, 3.05) is 26.6 Å². The van der Waals surface area contributed by atoms with E-state index >= 15 is 0 Å². The lowest BCUT2D eigenvalue weighted by atomic mass is 10.1. The number of nitrogens with zero attached hydrogens (tertiary/aromatic N) is 1. The molecule has 0 fully saturated rings. The zero-order valence-electron chi connectivity index (χ0n) is 17.4. The average Bonchev–Trinajstić information content (AvgIpc) is 2.79. The van der Waals surface area contributed by atoms with E-state index in [0.717, 1.165) is 0 Å². The van der Waals surface area contributed by atoms with Gasteiger partial charge in [0, 0.05) is 11.1 Å². The van der Waals surface area contributed by atoms with Gasteiger partial charge in [-0.15, -0.1) is 0 Å². The van der Waals surface area contributed by atoms with E-state index in [1.807, 2.05) is 6.07 Å². The number of hydrogen-bond acceptors (Lipinski definition) is 7. The standard InChI is InChI=1S/C22H19ClN2O7/c1-29-18-12-15(19(25(27)28)21(31-3)20(18)30-2)22(26)24-16-11-13(23)9-10-17(16)32-14-7-5-4-6-8-14/h4-12H,1-3H3,(H,24,26). The van der Waals surface area contributed by atoms with Gasteiger partial charge in [-0.25, -0.2) is 0 Å². The molecule has 0 saturated carbocycles. The van der Waals surface area contributed by atoms with Gasteiger partial charge >= 0.3 is 5.69 Å². The van der Waals surface area contributed by atoms with Crippen molar-refractivity contribution in [1.82, 2.24) is 0 Å². The van der Waals surface area contributed by atoms with Crippen LogP contribution < -0.4 is 24.3 Å². The number of carbonyl (C=O) groups excluding carboxylic acids is 1. The summed E-state index contributed by atoms with van der Waals surface area (Å²) in [6.07, 6.45) is 0. The van der Waals surface area contributed by atoms with E-state index in [1.54, 1.807) is 36.4 Å². The molecule has 0 unspecified atom stereocenters. The lowest BCUT2D eigenvalue weighted by Crippen LogP contribution is -2.16. The number of methoxy groups -OCH3 is 3. The maximum absolute atomic E-state index is 13.1. The van der Waals surface area contributed by atoms with Crippen molar-refractivity contribution in [1.29, 1.82) is 0 Å².